The molecule has 0 atom stereocenters. The topological polar surface area (TPSA) is 0 Å². The van der Waals surface area contributed by atoms with E-state index in [2.05, 4.69) is 50.3 Å². The van der Waals surface area contributed by atoms with Crippen molar-refractivity contribution in [1.82, 2.24) is 0 Å². The molecule has 0 aromatic rings. The van der Waals surface area contributed by atoms with Crippen LogP contribution in [0, 0.1) is 0 Å². The zero-order chi connectivity index (χ0) is 11.4. The second kappa shape index (κ2) is 6.94. The maximum atomic E-state index is 2.41. The molecule has 0 aliphatic heterocycles. The predicted octanol–water partition coefficient (Wildman–Crippen LogP) is 1.83. The fourth-order valence-electron chi connectivity index (χ4n) is 3.19. The summed E-state index contributed by atoms with van der Waals surface area (Å²) < 4.78 is 0. The minimum absolute atomic E-state index is 0. The van der Waals surface area contributed by atoms with Crippen LogP contribution in [-0.4, -0.2) is 8.07 Å². The standard InChI is InChI=1S/C15H22Si.Na.H/c1-3-13-16(4-2,14-9-5-6-10-14)15-11-7-8-12-15;;/h5-9,11H,3-4,10,12-13H2,1-2H3;;/q;+1;-1. The Balaban J connectivity index is 0.00000144. The van der Waals surface area contributed by atoms with Crippen molar-refractivity contribution in [3.05, 3.63) is 46.8 Å². The number of hydrogen-bond donors (Lipinski definition) is 0. The van der Waals surface area contributed by atoms with Gasteiger partial charge in [0.15, 0.2) is 0 Å². The van der Waals surface area contributed by atoms with Crippen LogP contribution in [0.25, 0.3) is 0 Å². The van der Waals surface area contributed by atoms with Gasteiger partial charge in [0.25, 0.3) is 0 Å². The molecule has 0 nitrogen and oxygen atoms in total. The van der Waals surface area contributed by atoms with Gasteiger partial charge in [-0.1, -0.05) is 79.2 Å². The minimum atomic E-state index is -1.31. The van der Waals surface area contributed by atoms with Gasteiger partial charge in [0.05, 0.1) is 0 Å². The van der Waals surface area contributed by atoms with Gasteiger partial charge in [-0.3, -0.25) is 0 Å². The molecule has 17 heavy (non-hydrogen) atoms. The summed E-state index contributed by atoms with van der Waals surface area (Å²) in [7, 11) is -1.31. The van der Waals surface area contributed by atoms with Crippen LogP contribution < -0.4 is 29.6 Å². The predicted molar refractivity (Wildman–Crippen MR) is 76.1 cm³/mol. The van der Waals surface area contributed by atoms with Gasteiger partial charge in [-0.25, -0.2) is 0 Å². The maximum Gasteiger partial charge on any atom is 1.00 e. The molecule has 0 amide bonds. The molecule has 0 bridgehead atoms. The summed E-state index contributed by atoms with van der Waals surface area (Å²) in [6.07, 6.45) is 17.7. The van der Waals surface area contributed by atoms with Gasteiger partial charge in [0.1, 0.15) is 8.07 Å². The summed E-state index contributed by atoms with van der Waals surface area (Å²) >= 11 is 0. The molecule has 0 spiro atoms. The molecule has 0 unspecified atom stereocenters. The van der Waals surface area contributed by atoms with E-state index >= 15 is 0 Å². The van der Waals surface area contributed by atoms with Crippen molar-refractivity contribution in [1.29, 1.82) is 0 Å². The first-order chi connectivity index (χ1) is 7.83. The third kappa shape index (κ3) is 2.95. The molecule has 0 heterocycles. The van der Waals surface area contributed by atoms with Crippen molar-refractivity contribution in [2.24, 2.45) is 0 Å². The summed E-state index contributed by atoms with van der Waals surface area (Å²) in [5.41, 5.74) is 0. The average Bonchev–Trinajstić information content (AvgIpc) is 2.98. The van der Waals surface area contributed by atoms with Crippen LogP contribution in [0.15, 0.2) is 46.8 Å². The quantitative estimate of drug-likeness (QED) is 0.657. The molecule has 2 rings (SSSR count). The van der Waals surface area contributed by atoms with E-state index in [1.165, 1.54) is 31.4 Å². The Morgan fingerprint density at radius 2 is 1.59 bits per heavy atom. The number of rotatable bonds is 5. The molecule has 0 saturated heterocycles. The molecule has 2 heteroatoms. The van der Waals surface area contributed by atoms with E-state index in [-0.39, 0.29) is 31.0 Å². The Morgan fingerprint density at radius 1 is 1.06 bits per heavy atom. The zero-order valence-corrected chi connectivity index (χ0v) is 14.5. The van der Waals surface area contributed by atoms with Crippen molar-refractivity contribution in [3.63, 3.8) is 0 Å². The molecule has 2 aliphatic carbocycles. The van der Waals surface area contributed by atoms with Gasteiger partial charge in [-0.05, 0) is 12.8 Å². The Kier molecular flexibility index (Phi) is 6.22. The van der Waals surface area contributed by atoms with Crippen molar-refractivity contribution in [3.8, 4) is 0 Å². The second-order valence-corrected chi connectivity index (χ2v) is 9.49. The summed E-state index contributed by atoms with van der Waals surface area (Å²) in [5, 5.41) is 3.54. The summed E-state index contributed by atoms with van der Waals surface area (Å²) in [6, 6.07) is 2.81. The average molecular weight is 254 g/mol. The van der Waals surface area contributed by atoms with Gasteiger partial charge in [0, 0.05) is 0 Å². The van der Waals surface area contributed by atoms with Crippen molar-refractivity contribution < 1.29 is 31.0 Å². The summed E-state index contributed by atoms with van der Waals surface area (Å²) in [5.74, 6) is 0. The first kappa shape index (κ1) is 15.2. The monoisotopic (exact) mass is 254 g/mol. The SMILES string of the molecule is CCC[Si](CC)(C1=CC=CC1)C1=CC=CC1.[H-].[Na+]. The van der Waals surface area contributed by atoms with Gasteiger partial charge in [-0.15, -0.1) is 0 Å². The van der Waals surface area contributed by atoms with Crippen LogP contribution in [0.3, 0.4) is 0 Å². The van der Waals surface area contributed by atoms with E-state index < -0.39 is 8.07 Å². The fraction of sp³-hybridized carbons (Fsp3) is 0.467. The van der Waals surface area contributed by atoms with Crippen molar-refractivity contribution in [2.45, 2.75) is 45.2 Å². The first-order valence-electron chi connectivity index (χ1n) is 6.56. The van der Waals surface area contributed by atoms with Crippen LogP contribution in [0.2, 0.25) is 12.1 Å². The van der Waals surface area contributed by atoms with E-state index in [1.54, 1.807) is 10.4 Å². The molecular formula is C15H23NaSi. The molecule has 0 aromatic carbocycles. The van der Waals surface area contributed by atoms with Gasteiger partial charge >= 0.3 is 29.6 Å². The largest absolute Gasteiger partial charge is 1.00 e. The van der Waals surface area contributed by atoms with Crippen LogP contribution >= 0.6 is 0 Å². The van der Waals surface area contributed by atoms with Gasteiger partial charge < -0.3 is 1.43 Å². The molecule has 88 valence electrons. The van der Waals surface area contributed by atoms with E-state index in [1.807, 2.05) is 0 Å². The summed E-state index contributed by atoms with van der Waals surface area (Å²) in [4.78, 5) is 0. The Hall–Kier alpha value is 0.177. The number of hydrogen-bond acceptors (Lipinski definition) is 0. The smallest absolute Gasteiger partial charge is 1.00 e. The third-order valence-electron chi connectivity index (χ3n) is 4.05. The molecule has 0 N–H and O–H groups in total. The van der Waals surface area contributed by atoms with Crippen LogP contribution in [-0.2, 0) is 0 Å². The maximum absolute atomic E-state index is 2.41. The molecule has 2 aliphatic rings. The molecule has 0 saturated carbocycles. The van der Waals surface area contributed by atoms with E-state index in [9.17, 15) is 0 Å². The molecule has 0 radical (unpaired) electrons. The van der Waals surface area contributed by atoms with Gasteiger partial charge in [0.2, 0.25) is 0 Å². The molecule has 0 fully saturated rings. The van der Waals surface area contributed by atoms with Gasteiger partial charge in [-0.2, -0.15) is 0 Å². The van der Waals surface area contributed by atoms with Crippen LogP contribution in [0.4, 0.5) is 0 Å². The van der Waals surface area contributed by atoms with Crippen molar-refractivity contribution in [2.75, 3.05) is 0 Å². The van der Waals surface area contributed by atoms with Crippen molar-refractivity contribution >= 4 is 8.07 Å². The number of allylic oxidation sites excluding steroid dienone is 8. The van der Waals surface area contributed by atoms with E-state index in [0.29, 0.717) is 0 Å². The van der Waals surface area contributed by atoms with E-state index in [0.717, 1.165) is 0 Å². The van der Waals surface area contributed by atoms with Crippen LogP contribution in [0.5, 0.6) is 0 Å². The Labute approximate surface area is 130 Å². The normalized spacial score (nSPS) is 18.0. The van der Waals surface area contributed by atoms with Crippen LogP contribution in [0.1, 0.15) is 34.5 Å². The Morgan fingerprint density at radius 3 is 1.88 bits per heavy atom. The van der Waals surface area contributed by atoms with E-state index in [4.69, 9.17) is 0 Å². The Bertz CT molecular complexity index is 350. The first-order valence-corrected chi connectivity index (χ1v) is 8.97. The second-order valence-electron chi connectivity index (χ2n) is 4.83. The molecule has 0 aromatic heterocycles. The fourth-order valence-corrected chi connectivity index (χ4v) is 8.21. The molecular weight excluding hydrogens is 231 g/mol. The minimum Gasteiger partial charge on any atom is -1.00 e. The summed E-state index contributed by atoms with van der Waals surface area (Å²) in [6.45, 7) is 4.74. The zero-order valence-electron chi connectivity index (χ0n) is 12.5. The third-order valence-corrected chi connectivity index (χ3v) is 9.81.